The highest BCUT2D eigenvalue weighted by Crippen LogP contribution is 2.16. The van der Waals surface area contributed by atoms with Gasteiger partial charge in [-0.25, -0.2) is 8.42 Å². The summed E-state index contributed by atoms with van der Waals surface area (Å²) >= 11 is 0. The molecule has 0 aliphatic carbocycles. The lowest BCUT2D eigenvalue weighted by molar-refractivity contribution is -0.686. The zero-order valence-corrected chi connectivity index (χ0v) is 15.8. The van der Waals surface area contributed by atoms with E-state index in [0.29, 0.717) is 18.0 Å². The van der Waals surface area contributed by atoms with Crippen molar-refractivity contribution in [3.05, 3.63) is 52.8 Å². The molecule has 0 saturated heterocycles. The van der Waals surface area contributed by atoms with Crippen molar-refractivity contribution >= 4 is 10.0 Å². The van der Waals surface area contributed by atoms with E-state index in [2.05, 4.69) is 30.2 Å². The molecule has 0 unspecified atom stereocenters. The Bertz CT molecular complexity index is 760. The molecular weight excluding hydrogens is 322 g/mol. The topological polar surface area (TPSA) is 69.8 Å². The Morgan fingerprint density at radius 1 is 1.04 bits per heavy atom. The Morgan fingerprint density at radius 3 is 2.17 bits per heavy atom. The minimum absolute atomic E-state index is 0.368. The van der Waals surface area contributed by atoms with Crippen molar-refractivity contribution in [2.45, 2.75) is 45.7 Å². The number of H-pyrrole nitrogens is 1. The number of nitrogens with two attached hydrogens (primary N) is 1. The molecule has 3 N–H and O–H groups in total. The van der Waals surface area contributed by atoms with Gasteiger partial charge in [0.2, 0.25) is 10.0 Å². The van der Waals surface area contributed by atoms with Gasteiger partial charge in [0.15, 0.2) is 0 Å². The SMILES string of the molecule is CCN(CC)S(=O)(=O)c1ccc(C[NH2+]Cc2cc(C)[nH]c2C)cc1. The minimum Gasteiger partial charge on any atom is -0.362 e. The van der Waals surface area contributed by atoms with Gasteiger partial charge in [0.1, 0.15) is 13.1 Å². The first-order valence-electron chi connectivity index (χ1n) is 8.44. The van der Waals surface area contributed by atoms with Crippen molar-refractivity contribution in [3.8, 4) is 0 Å². The van der Waals surface area contributed by atoms with Gasteiger partial charge in [0.05, 0.1) is 4.90 Å². The number of quaternary nitrogens is 1. The smallest absolute Gasteiger partial charge is 0.243 e. The molecule has 2 rings (SSSR count). The lowest BCUT2D eigenvalue weighted by Gasteiger charge is -2.18. The fourth-order valence-electron chi connectivity index (χ4n) is 2.90. The number of hydrogen-bond acceptors (Lipinski definition) is 2. The van der Waals surface area contributed by atoms with Crippen LogP contribution in [0.2, 0.25) is 0 Å². The first kappa shape index (κ1) is 18.7. The predicted octanol–water partition coefficient (Wildman–Crippen LogP) is 1.93. The summed E-state index contributed by atoms with van der Waals surface area (Å²) in [7, 11) is -3.37. The summed E-state index contributed by atoms with van der Waals surface area (Å²) in [6.07, 6.45) is 0. The van der Waals surface area contributed by atoms with Crippen molar-refractivity contribution in [3.63, 3.8) is 0 Å². The van der Waals surface area contributed by atoms with Crippen LogP contribution in [0.5, 0.6) is 0 Å². The summed E-state index contributed by atoms with van der Waals surface area (Å²) in [5.74, 6) is 0. The van der Waals surface area contributed by atoms with Gasteiger partial charge >= 0.3 is 0 Å². The highest BCUT2D eigenvalue weighted by atomic mass is 32.2. The van der Waals surface area contributed by atoms with E-state index >= 15 is 0 Å². The van der Waals surface area contributed by atoms with Crippen LogP contribution in [-0.4, -0.2) is 30.8 Å². The first-order valence-corrected chi connectivity index (χ1v) is 9.88. The normalized spacial score (nSPS) is 12.0. The van der Waals surface area contributed by atoms with Crippen molar-refractivity contribution in [2.24, 2.45) is 0 Å². The first-order chi connectivity index (χ1) is 11.4. The van der Waals surface area contributed by atoms with Gasteiger partial charge in [-0.1, -0.05) is 26.0 Å². The maximum Gasteiger partial charge on any atom is 0.243 e. The molecule has 0 saturated carbocycles. The molecular formula is C18H28N3O2S+. The van der Waals surface area contributed by atoms with Gasteiger partial charge in [-0.2, -0.15) is 4.31 Å². The number of aromatic nitrogens is 1. The van der Waals surface area contributed by atoms with E-state index in [-0.39, 0.29) is 0 Å². The minimum atomic E-state index is -3.37. The average Bonchev–Trinajstić information content (AvgIpc) is 2.86. The van der Waals surface area contributed by atoms with E-state index in [1.54, 1.807) is 12.1 Å². The summed E-state index contributed by atoms with van der Waals surface area (Å²) in [6, 6.07) is 9.40. The van der Waals surface area contributed by atoms with Crippen LogP contribution in [0.1, 0.15) is 36.4 Å². The zero-order valence-electron chi connectivity index (χ0n) is 15.0. The Labute approximate surface area is 145 Å². The number of rotatable bonds is 8. The molecule has 1 aromatic heterocycles. The standard InChI is InChI=1S/C18H27N3O2S/c1-5-21(6-2)24(22,23)18-9-7-16(8-10-18)12-19-13-17-11-14(3)20-15(17)4/h7-11,19-20H,5-6,12-13H2,1-4H3/p+1. The molecule has 0 spiro atoms. The van der Waals surface area contributed by atoms with Gasteiger partial charge in [0, 0.05) is 35.6 Å². The number of aromatic amines is 1. The molecule has 0 aliphatic rings. The maximum absolute atomic E-state index is 12.5. The molecule has 0 aliphatic heterocycles. The Balaban J connectivity index is 1.98. The predicted molar refractivity (Wildman–Crippen MR) is 96.1 cm³/mol. The third kappa shape index (κ3) is 4.26. The molecule has 0 fully saturated rings. The van der Waals surface area contributed by atoms with Crippen LogP contribution >= 0.6 is 0 Å². The van der Waals surface area contributed by atoms with Crippen molar-refractivity contribution < 1.29 is 13.7 Å². The monoisotopic (exact) mass is 350 g/mol. The van der Waals surface area contributed by atoms with Crippen molar-refractivity contribution in [1.29, 1.82) is 0 Å². The van der Waals surface area contributed by atoms with Crippen LogP contribution in [0.25, 0.3) is 0 Å². The van der Waals surface area contributed by atoms with Crippen LogP contribution in [0.3, 0.4) is 0 Å². The van der Waals surface area contributed by atoms with Crippen LogP contribution in [0.4, 0.5) is 0 Å². The van der Waals surface area contributed by atoms with E-state index in [9.17, 15) is 8.42 Å². The zero-order chi connectivity index (χ0) is 17.7. The summed E-state index contributed by atoms with van der Waals surface area (Å²) in [5, 5.41) is 2.23. The molecule has 0 bridgehead atoms. The number of aryl methyl sites for hydroxylation is 2. The number of benzene rings is 1. The van der Waals surface area contributed by atoms with Gasteiger partial charge in [0.25, 0.3) is 0 Å². The summed E-state index contributed by atoms with van der Waals surface area (Å²) in [5.41, 5.74) is 4.83. The van der Waals surface area contributed by atoms with E-state index in [1.807, 2.05) is 26.0 Å². The van der Waals surface area contributed by atoms with Crippen LogP contribution in [-0.2, 0) is 23.1 Å². The van der Waals surface area contributed by atoms with E-state index in [0.717, 1.165) is 18.7 Å². The quantitative estimate of drug-likeness (QED) is 0.764. The summed E-state index contributed by atoms with van der Waals surface area (Å²) < 4.78 is 26.4. The fourth-order valence-corrected chi connectivity index (χ4v) is 4.36. The molecule has 0 amide bonds. The van der Waals surface area contributed by atoms with Crippen LogP contribution in [0.15, 0.2) is 35.2 Å². The summed E-state index contributed by atoms with van der Waals surface area (Å²) in [4.78, 5) is 3.68. The second kappa shape index (κ2) is 7.96. The Hall–Kier alpha value is -1.63. The van der Waals surface area contributed by atoms with E-state index < -0.39 is 10.0 Å². The Morgan fingerprint density at radius 2 is 1.67 bits per heavy atom. The van der Waals surface area contributed by atoms with Crippen LogP contribution in [0, 0.1) is 13.8 Å². The molecule has 132 valence electrons. The van der Waals surface area contributed by atoms with E-state index in [1.165, 1.54) is 21.3 Å². The number of sulfonamides is 1. The molecule has 1 aromatic carbocycles. The van der Waals surface area contributed by atoms with Gasteiger partial charge < -0.3 is 10.3 Å². The highest BCUT2D eigenvalue weighted by Gasteiger charge is 2.21. The van der Waals surface area contributed by atoms with Crippen molar-refractivity contribution in [2.75, 3.05) is 13.1 Å². The number of nitrogens with zero attached hydrogens (tertiary/aromatic N) is 1. The Kier molecular flexibility index (Phi) is 6.21. The molecule has 0 radical (unpaired) electrons. The second-order valence-corrected chi connectivity index (χ2v) is 7.97. The molecule has 6 heteroatoms. The van der Waals surface area contributed by atoms with Gasteiger partial charge in [-0.05, 0) is 32.0 Å². The second-order valence-electron chi connectivity index (χ2n) is 6.03. The molecule has 5 nitrogen and oxygen atoms in total. The number of hydrogen-bond donors (Lipinski definition) is 2. The molecule has 24 heavy (non-hydrogen) atoms. The average molecular weight is 351 g/mol. The lowest BCUT2D eigenvalue weighted by atomic mass is 10.2. The third-order valence-electron chi connectivity index (χ3n) is 4.27. The van der Waals surface area contributed by atoms with Crippen molar-refractivity contribution in [1.82, 2.24) is 9.29 Å². The molecule has 2 aromatic rings. The van der Waals surface area contributed by atoms with E-state index in [4.69, 9.17) is 0 Å². The third-order valence-corrected chi connectivity index (χ3v) is 6.33. The maximum atomic E-state index is 12.5. The highest BCUT2D eigenvalue weighted by molar-refractivity contribution is 7.89. The molecule has 0 atom stereocenters. The molecule has 1 heterocycles. The largest absolute Gasteiger partial charge is 0.362 e. The van der Waals surface area contributed by atoms with Gasteiger partial charge in [-0.15, -0.1) is 0 Å². The van der Waals surface area contributed by atoms with Gasteiger partial charge in [-0.3, -0.25) is 0 Å². The van der Waals surface area contributed by atoms with Crippen LogP contribution < -0.4 is 5.32 Å². The number of nitrogens with one attached hydrogen (secondary N) is 1. The lowest BCUT2D eigenvalue weighted by Crippen LogP contribution is -2.80. The fraction of sp³-hybridized carbons (Fsp3) is 0.444. The summed E-state index contributed by atoms with van der Waals surface area (Å²) in [6.45, 7) is 10.6.